The third-order valence-electron chi connectivity index (χ3n) is 6.60. The quantitative estimate of drug-likeness (QED) is 0.722. The Balaban J connectivity index is 1.53. The fraction of sp³-hybridized carbons (Fsp3) is 0.462. The van der Waals surface area contributed by atoms with Gasteiger partial charge in [0.2, 0.25) is 5.91 Å². The standard InChI is InChI=1S/C26H32N2O4/c1-3-27-25(30)26(14-15-28(18-26)24(29)23-9-6-16-32-23)17-19-10-12-20(13-11-19)21-7-4-5-8-22(21)31-2/h4-5,7-8,10-13,23H,3,6,9,14-18H2,1-2H3,(H,27,30)/t23-,26-/m0/s1. The molecule has 2 aliphatic rings. The molecule has 2 aromatic carbocycles. The summed E-state index contributed by atoms with van der Waals surface area (Å²) in [6.07, 6.45) is 2.60. The highest BCUT2D eigenvalue weighted by molar-refractivity contribution is 5.87. The van der Waals surface area contributed by atoms with Crippen molar-refractivity contribution in [3.8, 4) is 16.9 Å². The predicted molar refractivity (Wildman–Crippen MR) is 123 cm³/mol. The topological polar surface area (TPSA) is 67.9 Å². The Labute approximate surface area is 189 Å². The van der Waals surface area contributed by atoms with Crippen LogP contribution in [0.2, 0.25) is 0 Å². The fourth-order valence-corrected chi connectivity index (χ4v) is 4.87. The lowest BCUT2D eigenvalue weighted by atomic mass is 9.79. The number of hydrogen-bond donors (Lipinski definition) is 1. The maximum absolute atomic E-state index is 13.1. The normalized spacial score (nSPS) is 22.7. The van der Waals surface area contributed by atoms with E-state index < -0.39 is 5.41 Å². The molecule has 2 atom stereocenters. The van der Waals surface area contributed by atoms with Crippen molar-refractivity contribution in [3.63, 3.8) is 0 Å². The molecule has 2 saturated heterocycles. The number of carbonyl (C=O) groups excluding carboxylic acids is 2. The van der Waals surface area contributed by atoms with Crippen LogP contribution in [0.5, 0.6) is 5.75 Å². The molecule has 0 aromatic heterocycles. The summed E-state index contributed by atoms with van der Waals surface area (Å²) in [5, 5.41) is 3.01. The molecule has 170 valence electrons. The number of nitrogens with zero attached hydrogens (tertiary/aromatic N) is 1. The van der Waals surface area contributed by atoms with Crippen molar-refractivity contribution in [2.75, 3.05) is 33.4 Å². The number of benzene rings is 2. The van der Waals surface area contributed by atoms with E-state index in [0.717, 1.165) is 35.3 Å². The summed E-state index contributed by atoms with van der Waals surface area (Å²) >= 11 is 0. The molecular formula is C26H32N2O4. The van der Waals surface area contributed by atoms with Gasteiger partial charge in [-0.3, -0.25) is 9.59 Å². The second-order valence-corrected chi connectivity index (χ2v) is 8.73. The van der Waals surface area contributed by atoms with Crippen molar-refractivity contribution in [1.29, 1.82) is 0 Å². The number of methoxy groups -OCH3 is 1. The van der Waals surface area contributed by atoms with E-state index in [1.165, 1.54) is 0 Å². The van der Waals surface area contributed by atoms with Crippen molar-refractivity contribution < 1.29 is 19.1 Å². The molecule has 32 heavy (non-hydrogen) atoms. The van der Waals surface area contributed by atoms with Gasteiger partial charge in [0.1, 0.15) is 11.9 Å². The Hall–Kier alpha value is -2.86. The van der Waals surface area contributed by atoms with E-state index in [9.17, 15) is 9.59 Å². The molecule has 6 heteroatoms. The van der Waals surface area contributed by atoms with Gasteiger partial charge in [0, 0.05) is 31.8 Å². The zero-order valence-corrected chi connectivity index (χ0v) is 18.9. The number of likely N-dealkylation sites (tertiary alicyclic amines) is 1. The van der Waals surface area contributed by atoms with Gasteiger partial charge in [0.05, 0.1) is 12.5 Å². The number of para-hydroxylation sites is 1. The van der Waals surface area contributed by atoms with Crippen LogP contribution in [0.3, 0.4) is 0 Å². The van der Waals surface area contributed by atoms with Crippen LogP contribution in [-0.4, -0.2) is 56.2 Å². The molecule has 0 aliphatic carbocycles. The van der Waals surface area contributed by atoms with Crippen LogP contribution in [0.15, 0.2) is 48.5 Å². The Morgan fingerprint density at radius 3 is 2.66 bits per heavy atom. The van der Waals surface area contributed by atoms with Crippen LogP contribution in [-0.2, 0) is 20.7 Å². The van der Waals surface area contributed by atoms with Crippen LogP contribution in [0.4, 0.5) is 0 Å². The van der Waals surface area contributed by atoms with E-state index in [2.05, 4.69) is 29.6 Å². The second kappa shape index (κ2) is 9.74. The van der Waals surface area contributed by atoms with Gasteiger partial charge in [-0.05, 0) is 49.8 Å². The maximum atomic E-state index is 13.1. The Kier molecular flexibility index (Phi) is 6.80. The number of hydrogen-bond acceptors (Lipinski definition) is 4. The average molecular weight is 437 g/mol. The van der Waals surface area contributed by atoms with E-state index in [4.69, 9.17) is 9.47 Å². The average Bonchev–Trinajstić information content (AvgIpc) is 3.51. The van der Waals surface area contributed by atoms with E-state index in [1.807, 2.05) is 36.1 Å². The molecule has 2 heterocycles. The highest BCUT2D eigenvalue weighted by Gasteiger charge is 2.47. The second-order valence-electron chi connectivity index (χ2n) is 8.73. The molecule has 1 N–H and O–H groups in total. The summed E-state index contributed by atoms with van der Waals surface area (Å²) in [6.45, 7) is 4.18. The Bertz CT molecular complexity index is 953. The predicted octanol–water partition coefficient (Wildman–Crippen LogP) is 3.44. The fourth-order valence-electron chi connectivity index (χ4n) is 4.87. The van der Waals surface area contributed by atoms with Crippen molar-refractivity contribution >= 4 is 11.8 Å². The number of amides is 2. The Morgan fingerprint density at radius 2 is 1.97 bits per heavy atom. The lowest BCUT2D eigenvalue weighted by Gasteiger charge is -2.29. The SMILES string of the molecule is CCNC(=O)[C@]1(Cc2ccc(-c3ccccc3OC)cc2)CCN(C(=O)[C@@H]2CCCO2)C1. The highest BCUT2D eigenvalue weighted by atomic mass is 16.5. The molecule has 0 radical (unpaired) electrons. The molecule has 2 aromatic rings. The molecule has 2 amide bonds. The van der Waals surface area contributed by atoms with Gasteiger partial charge < -0.3 is 19.7 Å². The van der Waals surface area contributed by atoms with E-state index in [-0.39, 0.29) is 17.9 Å². The zero-order valence-electron chi connectivity index (χ0n) is 18.9. The number of carbonyl (C=O) groups is 2. The maximum Gasteiger partial charge on any atom is 0.251 e. The van der Waals surface area contributed by atoms with Crippen LogP contribution < -0.4 is 10.1 Å². The van der Waals surface area contributed by atoms with E-state index in [1.54, 1.807) is 7.11 Å². The van der Waals surface area contributed by atoms with Gasteiger partial charge in [0.15, 0.2) is 0 Å². The molecule has 0 spiro atoms. The van der Waals surface area contributed by atoms with Crippen LogP contribution in [0.1, 0.15) is 31.7 Å². The summed E-state index contributed by atoms with van der Waals surface area (Å²) in [5.41, 5.74) is 2.58. The molecule has 0 saturated carbocycles. The minimum atomic E-state index is -0.615. The molecule has 2 fully saturated rings. The molecule has 0 bridgehead atoms. The smallest absolute Gasteiger partial charge is 0.251 e. The first-order valence-electron chi connectivity index (χ1n) is 11.5. The molecule has 4 rings (SSSR count). The minimum Gasteiger partial charge on any atom is -0.496 e. The van der Waals surface area contributed by atoms with Crippen molar-refractivity contribution in [2.24, 2.45) is 5.41 Å². The summed E-state index contributed by atoms with van der Waals surface area (Å²) in [5.74, 6) is 0.884. The monoisotopic (exact) mass is 436 g/mol. The van der Waals surface area contributed by atoms with E-state index >= 15 is 0 Å². The van der Waals surface area contributed by atoms with Gasteiger partial charge in [-0.25, -0.2) is 0 Å². The number of rotatable bonds is 7. The van der Waals surface area contributed by atoms with E-state index in [0.29, 0.717) is 39.1 Å². The van der Waals surface area contributed by atoms with Gasteiger partial charge >= 0.3 is 0 Å². The van der Waals surface area contributed by atoms with Gasteiger partial charge in [-0.15, -0.1) is 0 Å². The highest BCUT2D eigenvalue weighted by Crippen LogP contribution is 2.37. The third kappa shape index (κ3) is 4.51. The molecule has 6 nitrogen and oxygen atoms in total. The summed E-state index contributed by atoms with van der Waals surface area (Å²) in [6, 6.07) is 16.2. The molecule has 0 unspecified atom stereocenters. The third-order valence-corrected chi connectivity index (χ3v) is 6.60. The van der Waals surface area contributed by atoms with Gasteiger partial charge in [-0.1, -0.05) is 42.5 Å². The van der Waals surface area contributed by atoms with Crippen LogP contribution >= 0.6 is 0 Å². The van der Waals surface area contributed by atoms with Crippen molar-refractivity contribution in [3.05, 3.63) is 54.1 Å². The first-order chi connectivity index (χ1) is 15.6. The first-order valence-corrected chi connectivity index (χ1v) is 11.5. The summed E-state index contributed by atoms with van der Waals surface area (Å²) < 4.78 is 11.1. The molecule has 2 aliphatic heterocycles. The minimum absolute atomic E-state index is 0.0245. The van der Waals surface area contributed by atoms with Crippen LogP contribution in [0, 0.1) is 5.41 Å². The summed E-state index contributed by atoms with van der Waals surface area (Å²) in [7, 11) is 1.67. The summed E-state index contributed by atoms with van der Waals surface area (Å²) in [4.78, 5) is 27.9. The van der Waals surface area contributed by atoms with Crippen LogP contribution in [0.25, 0.3) is 11.1 Å². The first kappa shape index (κ1) is 22.3. The van der Waals surface area contributed by atoms with Crippen molar-refractivity contribution in [1.82, 2.24) is 10.2 Å². The van der Waals surface area contributed by atoms with Crippen molar-refractivity contribution in [2.45, 2.75) is 38.7 Å². The Morgan fingerprint density at radius 1 is 1.19 bits per heavy atom. The van der Waals surface area contributed by atoms with Gasteiger partial charge in [0.25, 0.3) is 5.91 Å². The number of ether oxygens (including phenoxy) is 2. The zero-order chi connectivity index (χ0) is 22.6. The largest absolute Gasteiger partial charge is 0.496 e. The lowest BCUT2D eigenvalue weighted by molar-refractivity contribution is -0.141. The molecular weight excluding hydrogens is 404 g/mol. The lowest BCUT2D eigenvalue weighted by Crippen LogP contribution is -2.46. The number of nitrogens with one attached hydrogen (secondary N) is 1. The van der Waals surface area contributed by atoms with Gasteiger partial charge in [-0.2, -0.15) is 0 Å².